The lowest BCUT2D eigenvalue weighted by Crippen LogP contribution is -2.12. The van der Waals surface area contributed by atoms with Crippen molar-refractivity contribution in [2.45, 2.75) is 26.3 Å². The molecule has 3 rings (SSSR count). The van der Waals surface area contributed by atoms with E-state index < -0.39 is 0 Å². The molecule has 4 nitrogen and oxygen atoms in total. The number of H-pyrrole nitrogens is 1. The number of aliphatic imine (C=N–C) groups is 1. The summed E-state index contributed by atoms with van der Waals surface area (Å²) in [7, 11) is 0. The minimum Gasteiger partial charge on any atom is -0.507 e. The molecule has 0 aliphatic rings. The quantitative estimate of drug-likeness (QED) is 0.661. The summed E-state index contributed by atoms with van der Waals surface area (Å²) in [6, 6.07) is 13.3. The summed E-state index contributed by atoms with van der Waals surface area (Å²) in [4.78, 5) is 12.0. The first kappa shape index (κ1) is 17.2. The molecule has 0 unspecified atom stereocenters. The molecule has 2 N–H and O–H groups in total. The summed E-state index contributed by atoms with van der Waals surface area (Å²) >= 11 is 6.29. The van der Waals surface area contributed by atoms with Gasteiger partial charge in [-0.05, 0) is 31.5 Å². The number of hydrogen-bond donors (Lipinski definition) is 2. The van der Waals surface area contributed by atoms with Crippen LogP contribution in [0.5, 0.6) is 5.75 Å². The first-order valence-electron chi connectivity index (χ1n) is 8.14. The SMILES string of the molecule is Cc1cc(O)c(C(=N[C@H](C)Cc2cnc[nH]2)c2ccccc2)cc1Cl. The third kappa shape index (κ3) is 4.09. The van der Waals surface area contributed by atoms with Crippen molar-refractivity contribution in [3.63, 3.8) is 0 Å². The molecule has 1 aromatic heterocycles. The van der Waals surface area contributed by atoms with Crippen molar-refractivity contribution in [1.29, 1.82) is 0 Å². The van der Waals surface area contributed by atoms with Crippen LogP contribution in [0.4, 0.5) is 0 Å². The molecule has 0 aliphatic carbocycles. The first-order valence-corrected chi connectivity index (χ1v) is 8.52. The lowest BCUT2D eigenvalue weighted by molar-refractivity contribution is 0.473. The highest BCUT2D eigenvalue weighted by Crippen LogP contribution is 2.28. The Morgan fingerprint density at radius 3 is 2.72 bits per heavy atom. The number of imidazole rings is 1. The van der Waals surface area contributed by atoms with E-state index in [1.165, 1.54) is 0 Å². The minimum atomic E-state index is 0.00938. The number of halogens is 1. The molecule has 0 fully saturated rings. The van der Waals surface area contributed by atoms with Crippen LogP contribution in [0.2, 0.25) is 5.02 Å². The zero-order valence-corrected chi connectivity index (χ0v) is 15.0. The predicted octanol–water partition coefficient (Wildman–Crippen LogP) is 4.55. The van der Waals surface area contributed by atoms with Crippen LogP contribution in [0.3, 0.4) is 0 Å². The Balaban J connectivity index is 2.04. The van der Waals surface area contributed by atoms with E-state index in [9.17, 15) is 5.11 Å². The minimum absolute atomic E-state index is 0.00938. The normalized spacial score (nSPS) is 13.0. The third-order valence-corrected chi connectivity index (χ3v) is 4.41. The number of aromatic nitrogens is 2. The van der Waals surface area contributed by atoms with E-state index in [1.807, 2.05) is 44.2 Å². The van der Waals surface area contributed by atoms with Gasteiger partial charge in [-0.2, -0.15) is 0 Å². The monoisotopic (exact) mass is 353 g/mol. The van der Waals surface area contributed by atoms with Gasteiger partial charge in [0.1, 0.15) is 5.75 Å². The molecule has 25 heavy (non-hydrogen) atoms. The highest BCUT2D eigenvalue weighted by molar-refractivity contribution is 6.32. The van der Waals surface area contributed by atoms with Crippen LogP contribution in [0, 0.1) is 6.92 Å². The van der Waals surface area contributed by atoms with E-state index in [0.717, 1.165) is 29.0 Å². The smallest absolute Gasteiger partial charge is 0.125 e. The highest BCUT2D eigenvalue weighted by atomic mass is 35.5. The summed E-state index contributed by atoms with van der Waals surface area (Å²) in [5.74, 6) is 0.179. The van der Waals surface area contributed by atoms with E-state index >= 15 is 0 Å². The molecule has 3 aromatic rings. The summed E-state index contributed by atoms with van der Waals surface area (Å²) in [5.41, 5.74) is 4.16. The van der Waals surface area contributed by atoms with Gasteiger partial charge in [0.25, 0.3) is 0 Å². The number of aromatic amines is 1. The first-order chi connectivity index (χ1) is 12.0. The number of hydrogen-bond acceptors (Lipinski definition) is 3. The largest absolute Gasteiger partial charge is 0.507 e. The Morgan fingerprint density at radius 2 is 2.04 bits per heavy atom. The summed E-state index contributed by atoms with van der Waals surface area (Å²) in [6.07, 6.45) is 4.20. The number of benzene rings is 2. The number of nitrogens with zero attached hydrogens (tertiary/aromatic N) is 2. The Morgan fingerprint density at radius 1 is 1.28 bits per heavy atom. The second kappa shape index (κ2) is 7.53. The van der Waals surface area contributed by atoms with Crippen molar-refractivity contribution in [3.05, 3.63) is 82.4 Å². The Kier molecular flexibility index (Phi) is 5.19. The number of phenols is 1. The van der Waals surface area contributed by atoms with E-state index in [2.05, 4.69) is 9.97 Å². The number of nitrogens with one attached hydrogen (secondary N) is 1. The van der Waals surface area contributed by atoms with Crippen molar-refractivity contribution in [2.24, 2.45) is 4.99 Å². The standard InChI is InChI=1S/C20H20ClN3O/c1-13-8-19(25)17(10-18(13)21)20(15-6-4-3-5-7-15)24-14(2)9-16-11-22-12-23-16/h3-8,10-12,14,25H,9H2,1-2H3,(H,22,23)/t14-/m1/s1. The summed E-state index contributed by atoms with van der Waals surface area (Å²) in [5, 5.41) is 11.1. The van der Waals surface area contributed by atoms with E-state index in [-0.39, 0.29) is 11.8 Å². The molecule has 0 saturated heterocycles. The van der Waals surface area contributed by atoms with Crippen LogP contribution in [-0.2, 0) is 6.42 Å². The zero-order chi connectivity index (χ0) is 17.8. The van der Waals surface area contributed by atoms with E-state index in [4.69, 9.17) is 16.6 Å². The van der Waals surface area contributed by atoms with Gasteiger partial charge in [0.2, 0.25) is 0 Å². The molecule has 0 aliphatic heterocycles. The van der Waals surface area contributed by atoms with Crippen molar-refractivity contribution >= 4 is 17.3 Å². The number of aryl methyl sites for hydroxylation is 1. The topological polar surface area (TPSA) is 61.3 Å². The maximum absolute atomic E-state index is 10.5. The van der Waals surface area contributed by atoms with Crippen molar-refractivity contribution in [2.75, 3.05) is 0 Å². The third-order valence-electron chi connectivity index (χ3n) is 4.00. The fourth-order valence-corrected chi connectivity index (χ4v) is 2.90. The second-order valence-electron chi connectivity index (χ2n) is 6.09. The summed E-state index contributed by atoms with van der Waals surface area (Å²) in [6.45, 7) is 3.91. The van der Waals surface area contributed by atoms with Crippen LogP contribution in [-0.4, -0.2) is 26.8 Å². The van der Waals surface area contributed by atoms with Gasteiger partial charge in [0, 0.05) is 34.5 Å². The molecular weight excluding hydrogens is 334 g/mol. The Labute approximate surface area is 152 Å². The molecule has 0 bridgehead atoms. The van der Waals surface area contributed by atoms with Crippen molar-refractivity contribution in [3.8, 4) is 5.75 Å². The molecule has 0 saturated carbocycles. The Bertz CT molecular complexity index is 873. The molecule has 5 heteroatoms. The van der Waals surface area contributed by atoms with Crippen LogP contribution < -0.4 is 0 Å². The average molecular weight is 354 g/mol. The maximum Gasteiger partial charge on any atom is 0.125 e. The lowest BCUT2D eigenvalue weighted by atomic mass is 9.99. The van der Waals surface area contributed by atoms with Gasteiger partial charge >= 0.3 is 0 Å². The molecule has 1 heterocycles. The van der Waals surface area contributed by atoms with E-state index in [0.29, 0.717) is 10.6 Å². The van der Waals surface area contributed by atoms with Gasteiger partial charge < -0.3 is 10.1 Å². The number of aromatic hydroxyl groups is 1. The van der Waals surface area contributed by atoms with Gasteiger partial charge in [0.15, 0.2) is 0 Å². The fourth-order valence-electron chi connectivity index (χ4n) is 2.73. The second-order valence-corrected chi connectivity index (χ2v) is 6.50. The summed E-state index contributed by atoms with van der Waals surface area (Å²) < 4.78 is 0. The highest BCUT2D eigenvalue weighted by Gasteiger charge is 2.15. The van der Waals surface area contributed by atoms with Crippen LogP contribution >= 0.6 is 11.6 Å². The fraction of sp³-hybridized carbons (Fsp3) is 0.200. The molecule has 128 valence electrons. The molecule has 0 amide bonds. The van der Waals surface area contributed by atoms with Crippen LogP contribution in [0.1, 0.15) is 29.3 Å². The molecule has 1 atom stereocenters. The van der Waals surface area contributed by atoms with Crippen molar-refractivity contribution in [1.82, 2.24) is 9.97 Å². The lowest BCUT2D eigenvalue weighted by Gasteiger charge is -2.14. The molecule has 0 radical (unpaired) electrons. The maximum atomic E-state index is 10.5. The van der Waals surface area contributed by atoms with Gasteiger partial charge in [-0.25, -0.2) is 4.98 Å². The molecule has 0 spiro atoms. The average Bonchev–Trinajstić information content (AvgIpc) is 3.10. The van der Waals surface area contributed by atoms with Crippen LogP contribution in [0.25, 0.3) is 0 Å². The van der Waals surface area contributed by atoms with Gasteiger partial charge in [-0.3, -0.25) is 4.99 Å². The van der Waals surface area contributed by atoms with Crippen LogP contribution in [0.15, 0.2) is 60.0 Å². The predicted molar refractivity (Wildman–Crippen MR) is 102 cm³/mol. The zero-order valence-electron chi connectivity index (χ0n) is 14.2. The molecular formula is C20H20ClN3O. The Hall–Kier alpha value is -2.59. The van der Waals surface area contributed by atoms with Gasteiger partial charge in [-0.1, -0.05) is 41.9 Å². The number of rotatable bonds is 5. The van der Waals surface area contributed by atoms with E-state index in [1.54, 1.807) is 24.7 Å². The van der Waals surface area contributed by atoms with Gasteiger partial charge in [-0.15, -0.1) is 0 Å². The van der Waals surface area contributed by atoms with Crippen molar-refractivity contribution < 1.29 is 5.11 Å². The number of phenolic OH excluding ortho intramolecular Hbond substituents is 1. The molecule has 2 aromatic carbocycles. The van der Waals surface area contributed by atoms with Gasteiger partial charge in [0.05, 0.1) is 18.1 Å².